The quantitative estimate of drug-likeness (QED) is 0.731. The van der Waals surface area contributed by atoms with Crippen LogP contribution in [0, 0.1) is 0 Å². The van der Waals surface area contributed by atoms with Crippen LogP contribution in [0.4, 0.5) is 0 Å². The summed E-state index contributed by atoms with van der Waals surface area (Å²) in [6.07, 6.45) is 5.44. The second-order valence-electron chi connectivity index (χ2n) is 5.53. The van der Waals surface area contributed by atoms with Gasteiger partial charge in [-0.25, -0.2) is 0 Å². The molecule has 0 aliphatic carbocycles. The van der Waals surface area contributed by atoms with Gasteiger partial charge in [-0.1, -0.05) is 42.5 Å². The van der Waals surface area contributed by atoms with E-state index in [-0.39, 0.29) is 0 Å². The molecule has 0 aliphatic heterocycles. The van der Waals surface area contributed by atoms with Crippen LogP contribution < -0.4 is 5.73 Å². The summed E-state index contributed by atoms with van der Waals surface area (Å²) in [5.74, 6) is 0. The molecule has 108 valence electrons. The van der Waals surface area contributed by atoms with Crippen molar-refractivity contribution in [1.82, 2.24) is 4.57 Å². The SMILES string of the molecule is NCCc1ccc2ccn(CCCc3ccccc3)c2c1. The average Bonchev–Trinajstić information content (AvgIpc) is 2.91. The molecule has 2 aromatic carbocycles. The zero-order valence-corrected chi connectivity index (χ0v) is 12.3. The molecular formula is C19H22N2. The summed E-state index contributed by atoms with van der Waals surface area (Å²) in [6.45, 7) is 1.77. The van der Waals surface area contributed by atoms with E-state index in [0.717, 1.165) is 25.8 Å². The van der Waals surface area contributed by atoms with E-state index in [9.17, 15) is 0 Å². The minimum absolute atomic E-state index is 0.709. The standard InChI is InChI=1S/C19H22N2/c20-12-10-17-8-9-18-11-14-21(19(18)15-17)13-4-7-16-5-2-1-3-6-16/h1-3,5-6,8-9,11,14-15H,4,7,10,12-13,20H2. The predicted molar refractivity (Wildman–Crippen MR) is 89.5 cm³/mol. The number of hydrogen-bond donors (Lipinski definition) is 1. The van der Waals surface area contributed by atoms with Crippen LogP contribution in [0.3, 0.4) is 0 Å². The lowest BCUT2D eigenvalue weighted by Gasteiger charge is -2.07. The summed E-state index contributed by atoms with van der Waals surface area (Å²) in [4.78, 5) is 0. The monoisotopic (exact) mass is 278 g/mol. The van der Waals surface area contributed by atoms with Crippen molar-refractivity contribution < 1.29 is 0 Å². The van der Waals surface area contributed by atoms with Gasteiger partial charge in [0.25, 0.3) is 0 Å². The van der Waals surface area contributed by atoms with Crippen molar-refractivity contribution >= 4 is 10.9 Å². The lowest BCUT2D eigenvalue weighted by Crippen LogP contribution is -2.03. The fourth-order valence-electron chi connectivity index (χ4n) is 2.84. The Balaban J connectivity index is 1.70. The van der Waals surface area contributed by atoms with Crippen molar-refractivity contribution in [2.45, 2.75) is 25.8 Å². The smallest absolute Gasteiger partial charge is 0.0483 e. The Morgan fingerprint density at radius 3 is 2.52 bits per heavy atom. The Labute approximate surface area is 126 Å². The molecule has 0 spiro atoms. The van der Waals surface area contributed by atoms with E-state index in [4.69, 9.17) is 5.73 Å². The Bertz CT molecular complexity index is 698. The zero-order chi connectivity index (χ0) is 14.5. The van der Waals surface area contributed by atoms with Crippen LogP contribution in [0.2, 0.25) is 0 Å². The number of aromatic nitrogens is 1. The van der Waals surface area contributed by atoms with Crippen molar-refractivity contribution in [2.75, 3.05) is 6.54 Å². The van der Waals surface area contributed by atoms with Gasteiger partial charge in [0.2, 0.25) is 0 Å². The van der Waals surface area contributed by atoms with Crippen LogP contribution >= 0.6 is 0 Å². The first kappa shape index (κ1) is 13.9. The molecule has 3 rings (SSSR count). The molecule has 0 radical (unpaired) electrons. The van der Waals surface area contributed by atoms with Crippen LogP contribution in [0.5, 0.6) is 0 Å². The normalized spacial score (nSPS) is 11.1. The highest BCUT2D eigenvalue weighted by molar-refractivity contribution is 5.80. The molecule has 1 heterocycles. The van der Waals surface area contributed by atoms with E-state index >= 15 is 0 Å². The fourth-order valence-corrected chi connectivity index (χ4v) is 2.84. The van der Waals surface area contributed by atoms with E-state index in [2.05, 4.69) is 65.4 Å². The molecular weight excluding hydrogens is 256 g/mol. The topological polar surface area (TPSA) is 30.9 Å². The molecule has 0 fully saturated rings. The van der Waals surface area contributed by atoms with Gasteiger partial charge in [0.1, 0.15) is 0 Å². The predicted octanol–water partition coefficient (Wildman–Crippen LogP) is 3.78. The van der Waals surface area contributed by atoms with Gasteiger partial charge in [-0.2, -0.15) is 0 Å². The lowest BCUT2D eigenvalue weighted by atomic mass is 10.1. The third kappa shape index (κ3) is 3.34. The van der Waals surface area contributed by atoms with Crippen LogP contribution in [0.1, 0.15) is 17.5 Å². The Kier molecular flexibility index (Phi) is 4.37. The van der Waals surface area contributed by atoms with Crippen molar-refractivity contribution in [3.8, 4) is 0 Å². The Morgan fingerprint density at radius 2 is 1.71 bits per heavy atom. The fraction of sp³-hybridized carbons (Fsp3) is 0.263. The summed E-state index contributed by atoms with van der Waals surface area (Å²) in [5, 5.41) is 1.32. The minimum atomic E-state index is 0.709. The highest BCUT2D eigenvalue weighted by Gasteiger charge is 2.02. The number of rotatable bonds is 6. The molecule has 2 heteroatoms. The number of fused-ring (bicyclic) bond motifs is 1. The summed E-state index contributed by atoms with van der Waals surface area (Å²) in [5.41, 5.74) is 9.73. The first-order valence-electron chi connectivity index (χ1n) is 7.68. The highest BCUT2D eigenvalue weighted by atomic mass is 14.9. The van der Waals surface area contributed by atoms with Gasteiger partial charge in [-0.15, -0.1) is 0 Å². The summed E-state index contributed by atoms with van der Waals surface area (Å²) < 4.78 is 2.36. The van der Waals surface area contributed by atoms with Crippen molar-refractivity contribution in [1.29, 1.82) is 0 Å². The van der Waals surface area contributed by atoms with Crippen molar-refractivity contribution in [3.05, 3.63) is 71.9 Å². The molecule has 0 amide bonds. The average molecular weight is 278 g/mol. The van der Waals surface area contributed by atoms with Gasteiger partial charge >= 0.3 is 0 Å². The molecule has 0 aliphatic rings. The van der Waals surface area contributed by atoms with Crippen LogP contribution in [0.25, 0.3) is 10.9 Å². The number of aryl methyl sites for hydroxylation is 2. The number of nitrogens with two attached hydrogens (primary N) is 1. The van der Waals surface area contributed by atoms with Crippen molar-refractivity contribution in [3.63, 3.8) is 0 Å². The molecule has 0 saturated carbocycles. The molecule has 0 atom stereocenters. The third-order valence-corrected chi connectivity index (χ3v) is 3.98. The maximum absolute atomic E-state index is 5.66. The maximum atomic E-state index is 5.66. The second-order valence-corrected chi connectivity index (χ2v) is 5.53. The van der Waals surface area contributed by atoms with E-state index in [1.165, 1.54) is 22.0 Å². The van der Waals surface area contributed by atoms with E-state index in [1.54, 1.807) is 0 Å². The second kappa shape index (κ2) is 6.59. The van der Waals surface area contributed by atoms with Crippen LogP contribution in [-0.4, -0.2) is 11.1 Å². The summed E-state index contributed by atoms with van der Waals surface area (Å²) >= 11 is 0. The van der Waals surface area contributed by atoms with Gasteiger partial charge in [0.15, 0.2) is 0 Å². The van der Waals surface area contributed by atoms with Crippen LogP contribution in [-0.2, 0) is 19.4 Å². The lowest BCUT2D eigenvalue weighted by molar-refractivity contribution is 0.662. The molecule has 2 N–H and O–H groups in total. The molecule has 0 bridgehead atoms. The van der Waals surface area contributed by atoms with Gasteiger partial charge in [0, 0.05) is 18.3 Å². The number of nitrogens with zero attached hydrogens (tertiary/aromatic N) is 1. The summed E-state index contributed by atoms with van der Waals surface area (Å²) in [6, 6.07) is 19.6. The van der Waals surface area contributed by atoms with E-state index in [1.807, 2.05) is 0 Å². The third-order valence-electron chi connectivity index (χ3n) is 3.98. The number of benzene rings is 2. The first-order chi connectivity index (χ1) is 10.4. The van der Waals surface area contributed by atoms with Gasteiger partial charge < -0.3 is 10.3 Å². The Hall–Kier alpha value is -2.06. The molecule has 1 aromatic heterocycles. The molecule has 2 nitrogen and oxygen atoms in total. The molecule has 21 heavy (non-hydrogen) atoms. The highest BCUT2D eigenvalue weighted by Crippen LogP contribution is 2.19. The van der Waals surface area contributed by atoms with Gasteiger partial charge in [0.05, 0.1) is 0 Å². The summed E-state index contributed by atoms with van der Waals surface area (Å²) in [7, 11) is 0. The largest absolute Gasteiger partial charge is 0.347 e. The molecule has 0 saturated heterocycles. The Morgan fingerprint density at radius 1 is 0.857 bits per heavy atom. The molecule has 3 aromatic rings. The number of hydrogen-bond acceptors (Lipinski definition) is 1. The first-order valence-corrected chi connectivity index (χ1v) is 7.68. The van der Waals surface area contributed by atoms with E-state index in [0.29, 0.717) is 6.54 Å². The van der Waals surface area contributed by atoms with Crippen LogP contribution in [0.15, 0.2) is 60.8 Å². The zero-order valence-electron chi connectivity index (χ0n) is 12.3. The van der Waals surface area contributed by atoms with Gasteiger partial charge in [-0.05, 0) is 54.5 Å². The van der Waals surface area contributed by atoms with E-state index < -0.39 is 0 Å². The maximum Gasteiger partial charge on any atom is 0.0483 e. The minimum Gasteiger partial charge on any atom is -0.347 e. The van der Waals surface area contributed by atoms with Gasteiger partial charge in [-0.3, -0.25) is 0 Å². The van der Waals surface area contributed by atoms with Crippen molar-refractivity contribution in [2.24, 2.45) is 5.73 Å². The molecule has 0 unspecified atom stereocenters.